The molecule has 1 aromatic carbocycles. The number of benzene rings is 1. The fraction of sp³-hybridized carbons (Fsp3) is 0.500. The molecule has 1 aliphatic rings. The fourth-order valence-electron chi connectivity index (χ4n) is 2.28. The van der Waals surface area contributed by atoms with Crippen LogP contribution < -0.4 is 10.5 Å². The second-order valence-electron chi connectivity index (χ2n) is 5.20. The van der Waals surface area contributed by atoms with Crippen LogP contribution in [0.5, 0.6) is 0 Å². The summed E-state index contributed by atoms with van der Waals surface area (Å²) in [5, 5.41) is 8.08. The average molecular weight is 328 g/mol. The summed E-state index contributed by atoms with van der Waals surface area (Å²) < 4.78 is 22.4. The van der Waals surface area contributed by atoms with Crippen molar-refractivity contribution in [2.24, 2.45) is 5.14 Å². The highest BCUT2D eigenvalue weighted by Gasteiger charge is 2.23. The molecule has 0 bridgehead atoms. The lowest BCUT2D eigenvalue weighted by atomic mass is 10.1. The van der Waals surface area contributed by atoms with Crippen LogP contribution in [0.25, 0.3) is 0 Å². The number of carbonyl (C=O) groups is 1. The lowest BCUT2D eigenvalue weighted by molar-refractivity contribution is -0.121. The summed E-state index contributed by atoms with van der Waals surface area (Å²) in [5.74, 6) is 1.10. The summed E-state index contributed by atoms with van der Waals surface area (Å²) >= 11 is 1.71. The molecule has 116 valence electrons. The molecular formula is C14H20N2O3S2. The van der Waals surface area contributed by atoms with Crippen molar-refractivity contribution in [2.75, 3.05) is 5.75 Å². The van der Waals surface area contributed by atoms with E-state index in [9.17, 15) is 13.2 Å². The maximum atomic E-state index is 12.2. The number of nitrogens with two attached hydrogens (primary N) is 1. The normalized spacial score (nSPS) is 20.8. The number of rotatable bonds is 4. The highest BCUT2D eigenvalue weighted by atomic mass is 32.2. The minimum absolute atomic E-state index is 0.0323. The van der Waals surface area contributed by atoms with Crippen LogP contribution in [0.2, 0.25) is 0 Å². The molecule has 3 N–H and O–H groups in total. The van der Waals surface area contributed by atoms with Crippen LogP contribution in [0.1, 0.15) is 37.8 Å². The number of carbonyl (C=O) groups excluding carboxylic acids is 1. The van der Waals surface area contributed by atoms with Gasteiger partial charge in [-0.1, -0.05) is 18.6 Å². The molecule has 1 aliphatic heterocycles. The Kier molecular flexibility index (Phi) is 5.29. The van der Waals surface area contributed by atoms with Gasteiger partial charge >= 0.3 is 0 Å². The van der Waals surface area contributed by atoms with Crippen molar-refractivity contribution in [3.05, 3.63) is 29.8 Å². The standard InChI is InChI=1S/C14H20N2O3S2/c1-10(16-14(17)13-4-2-3-9-20-13)11-5-7-12(8-6-11)21(15,18)19/h5-8,10,13H,2-4,9H2,1H3,(H,16,17)(H2,15,18,19). The van der Waals surface area contributed by atoms with Gasteiger partial charge in [-0.3, -0.25) is 4.79 Å². The van der Waals surface area contributed by atoms with Crippen LogP contribution >= 0.6 is 11.8 Å². The zero-order chi connectivity index (χ0) is 15.5. The quantitative estimate of drug-likeness (QED) is 0.882. The first-order valence-electron chi connectivity index (χ1n) is 6.92. The predicted molar refractivity (Wildman–Crippen MR) is 84.5 cm³/mol. The van der Waals surface area contributed by atoms with Gasteiger partial charge in [0.1, 0.15) is 0 Å². The van der Waals surface area contributed by atoms with Crippen molar-refractivity contribution in [1.29, 1.82) is 0 Å². The summed E-state index contributed by atoms with van der Waals surface area (Å²) in [6.07, 6.45) is 3.20. The van der Waals surface area contributed by atoms with Crippen molar-refractivity contribution in [3.8, 4) is 0 Å². The molecule has 0 aliphatic carbocycles. The average Bonchev–Trinajstić information content (AvgIpc) is 2.47. The Morgan fingerprint density at radius 2 is 2.00 bits per heavy atom. The first kappa shape index (κ1) is 16.3. The monoisotopic (exact) mass is 328 g/mol. The Balaban J connectivity index is 1.99. The van der Waals surface area contributed by atoms with Crippen LogP contribution in [0.15, 0.2) is 29.2 Å². The highest BCUT2D eigenvalue weighted by Crippen LogP contribution is 2.26. The van der Waals surface area contributed by atoms with Gasteiger partial charge < -0.3 is 5.32 Å². The summed E-state index contributed by atoms with van der Waals surface area (Å²) in [6.45, 7) is 1.89. The van der Waals surface area contributed by atoms with Gasteiger partial charge in [0.25, 0.3) is 0 Å². The molecule has 0 aromatic heterocycles. The van der Waals surface area contributed by atoms with Crippen LogP contribution in [0.3, 0.4) is 0 Å². The van der Waals surface area contributed by atoms with E-state index in [2.05, 4.69) is 5.32 Å². The number of nitrogens with one attached hydrogen (secondary N) is 1. The first-order chi connectivity index (χ1) is 9.88. The van der Waals surface area contributed by atoms with Crippen LogP contribution in [-0.2, 0) is 14.8 Å². The van der Waals surface area contributed by atoms with E-state index in [0.29, 0.717) is 0 Å². The lowest BCUT2D eigenvalue weighted by Crippen LogP contribution is -2.35. The molecule has 0 spiro atoms. The SMILES string of the molecule is CC(NC(=O)C1CCCCS1)c1ccc(S(N)(=O)=O)cc1. The van der Waals surface area contributed by atoms with Gasteiger partial charge in [-0.15, -0.1) is 11.8 Å². The Morgan fingerprint density at radius 3 is 2.52 bits per heavy atom. The van der Waals surface area contributed by atoms with Gasteiger partial charge in [-0.25, -0.2) is 13.6 Å². The highest BCUT2D eigenvalue weighted by molar-refractivity contribution is 8.00. The van der Waals surface area contributed by atoms with Gasteiger partial charge in [0.2, 0.25) is 15.9 Å². The van der Waals surface area contributed by atoms with E-state index >= 15 is 0 Å². The number of hydrogen-bond donors (Lipinski definition) is 2. The molecule has 2 unspecified atom stereocenters. The van der Waals surface area contributed by atoms with Crippen molar-refractivity contribution in [1.82, 2.24) is 5.32 Å². The number of hydrogen-bond acceptors (Lipinski definition) is 4. The zero-order valence-electron chi connectivity index (χ0n) is 11.9. The van der Waals surface area contributed by atoms with E-state index in [4.69, 9.17) is 5.14 Å². The van der Waals surface area contributed by atoms with Gasteiger partial charge in [0.15, 0.2) is 0 Å². The maximum Gasteiger partial charge on any atom is 0.238 e. The third-order valence-corrected chi connectivity index (χ3v) is 5.85. The van der Waals surface area contributed by atoms with Crippen LogP contribution in [0, 0.1) is 0 Å². The molecule has 5 nitrogen and oxygen atoms in total. The van der Waals surface area contributed by atoms with E-state index < -0.39 is 10.0 Å². The van der Waals surface area contributed by atoms with E-state index in [-0.39, 0.29) is 22.1 Å². The van der Waals surface area contributed by atoms with Crippen molar-refractivity contribution in [2.45, 2.75) is 42.4 Å². The maximum absolute atomic E-state index is 12.2. The van der Waals surface area contributed by atoms with E-state index in [1.54, 1.807) is 23.9 Å². The fourth-order valence-corrected chi connectivity index (χ4v) is 4.01. The first-order valence-corrected chi connectivity index (χ1v) is 9.52. The zero-order valence-corrected chi connectivity index (χ0v) is 13.5. The number of amides is 1. The smallest absolute Gasteiger partial charge is 0.238 e. The van der Waals surface area contributed by atoms with Crippen molar-refractivity contribution >= 4 is 27.7 Å². The van der Waals surface area contributed by atoms with E-state index in [0.717, 1.165) is 24.2 Å². The van der Waals surface area contributed by atoms with E-state index in [1.807, 2.05) is 6.92 Å². The Morgan fingerprint density at radius 1 is 1.33 bits per heavy atom. The van der Waals surface area contributed by atoms with Crippen molar-refractivity contribution < 1.29 is 13.2 Å². The Hall–Kier alpha value is -1.05. The minimum Gasteiger partial charge on any atom is -0.349 e. The topological polar surface area (TPSA) is 89.3 Å². The number of sulfonamides is 1. The molecule has 1 heterocycles. The molecule has 0 saturated carbocycles. The molecule has 1 amide bonds. The third kappa shape index (κ3) is 4.46. The molecule has 2 atom stereocenters. The molecule has 0 radical (unpaired) electrons. The molecule has 21 heavy (non-hydrogen) atoms. The molecule has 7 heteroatoms. The number of thioether (sulfide) groups is 1. The van der Waals surface area contributed by atoms with E-state index in [1.165, 1.54) is 18.6 Å². The minimum atomic E-state index is -3.68. The third-order valence-electron chi connectivity index (χ3n) is 3.54. The Bertz CT molecular complexity index is 593. The van der Waals surface area contributed by atoms with Gasteiger partial charge in [-0.05, 0) is 43.2 Å². The summed E-state index contributed by atoms with van der Waals surface area (Å²) in [5.41, 5.74) is 0.858. The summed E-state index contributed by atoms with van der Waals surface area (Å²) in [7, 11) is -3.68. The molecular weight excluding hydrogens is 308 g/mol. The second-order valence-corrected chi connectivity index (χ2v) is 8.07. The molecule has 2 rings (SSSR count). The molecule has 1 aromatic rings. The largest absolute Gasteiger partial charge is 0.349 e. The van der Waals surface area contributed by atoms with Gasteiger partial charge in [0, 0.05) is 0 Å². The lowest BCUT2D eigenvalue weighted by Gasteiger charge is -2.23. The Labute approximate surface area is 129 Å². The molecule has 1 saturated heterocycles. The van der Waals surface area contributed by atoms with Crippen LogP contribution in [-0.4, -0.2) is 25.3 Å². The summed E-state index contributed by atoms with van der Waals surface area (Å²) in [6, 6.07) is 6.12. The van der Waals surface area contributed by atoms with Gasteiger partial charge in [0.05, 0.1) is 16.2 Å². The van der Waals surface area contributed by atoms with Crippen LogP contribution in [0.4, 0.5) is 0 Å². The summed E-state index contributed by atoms with van der Waals surface area (Å²) in [4.78, 5) is 12.2. The molecule has 1 fully saturated rings. The second kappa shape index (κ2) is 6.81. The van der Waals surface area contributed by atoms with Gasteiger partial charge in [-0.2, -0.15) is 0 Å². The predicted octanol–water partition coefficient (Wildman–Crippen LogP) is 1.80. The van der Waals surface area contributed by atoms with Crippen molar-refractivity contribution in [3.63, 3.8) is 0 Å². The number of primary sulfonamides is 1.